The topological polar surface area (TPSA) is 78.9 Å². The van der Waals surface area contributed by atoms with Crippen LogP contribution in [0, 0.1) is 0 Å². The van der Waals surface area contributed by atoms with Crippen molar-refractivity contribution in [3.05, 3.63) is 42.5 Å². The quantitative estimate of drug-likeness (QED) is 0.870. The summed E-state index contributed by atoms with van der Waals surface area (Å²) in [5.41, 5.74) is 1.90. The van der Waals surface area contributed by atoms with Crippen LogP contribution in [0.3, 0.4) is 0 Å². The van der Waals surface area contributed by atoms with E-state index in [-0.39, 0.29) is 16.9 Å². The Bertz CT molecular complexity index is 955. The number of anilines is 3. The second kappa shape index (κ2) is 7.11. The van der Waals surface area contributed by atoms with Gasteiger partial charge in [0, 0.05) is 32.4 Å². The van der Waals surface area contributed by atoms with E-state index < -0.39 is 10.0 Å². The Morgan fingerprint density at radius 2 is 1.85 bits per heavy atom. The predicted molar refractivity (Wildman–Crippen MR) is 106 cm³/mol. The maximum absolute atomic E-state index is 12.8. The molecule has 1 N–H and O–H groups in total. The first-order valence-corrected chi connectivity index (χ1v) is 10.0. The first-order valence-electron chi connectivity index (χ1n) is 8.56. The minimum Gasteiger partial charge on any atom is -0.487 e. The van der Waals surface area contributed by atoms with Crippen molar-refractivity contribution < 1.29 is 17.9 Å². The van der Waals surface area contributed by atoms with Crippen molar-refractivity contribution in [3.8, 4) is 5.75 Å². The van der Waals surface area contributed by atoms with Crippen LogP contribution in [0.1, 0.15) is 13.8 Å². The van der Waals surface area contributed by atoms with Gasteiger partial charge in [0.25, 0.3) is 10.0 Å². The molecule has 2 aromatic carbocycles. The fourth-order valence-electron chi connectivity index (χ4n) is 2.92. The molecule has 0 aromatic heterocycles. The van der Waals surface area contributed by atoms with Gasteiger partial charge in [-0.15, -0.1) is 0 Å². The van der Waals surface area contributed by atoms with Crippen LogP contribution in [-0.4, -0.2) is 41.1 Å². The van der Waals surface area contributed by atoms with Gasteiger partial charge in [-0.2, -0.15) is 0 Å². The minimum absolute atomic E-state index is 0.0716. The number of fused-ring (bicyclic) bond motifs is 1. The first-order chi connectivity index (χ1) is 12.7. The molecule has 8 heteroatoms. The highest BCUT2D eigenvalue weighted by atomic mass is 32.2. The zero-order chi connectivity index (χ0) is 19.8. The Labute approximate surface area is 159 Å². The molecule has 144 valence electrons. The maximum atomic E-state index is 12.8. The summed E-state index contributed by atoms with van der Waals surface area (Å²) in [7, 11) is 0.0257. The van der Waals surface area contributed by atoms with Crippen molar-refractivity contribution in [1.29, 1.82) is 0 Å². The van der Waals surface area contributed by atoms with Crippen molar-refractivity contribution >= 4 is 33.0 Å². The first kappa shape index (κ1) is 19.0. The molecule has 1 aliphatic heterocycles. The number of carbonyl (C=O) groups excluding carboxylic acids is 1. The molecule has 1 atom stereocenters. The molecule has 1 heterocycles. The van der Waals surface area contributed by atoms with E-state index in [2.05, 4.69) is 4.72 Å². The number of amides is 1. The van der Waals surface area contributed by atoms with Crippen molar-refractivity contribution in [1.82, 2.24) is 0 Å². The number of benzene rings is 2. The Morgan fingerprint density at radius 3 is 2.44 bits per heavy atom. The van der Waals surface area contributed by atoms with E-state index in [1.54, 1.807) is 18.2 Å². The smallest absolute Gasteiger partial charge is 0.261 e. The van der Waals surface area contributed by atoms with Crippen LogP contribution in [0.2, 0.25) is 0 Å². The third-order valence-corrected chi connectivity index (χ3v) is 5.69. The highest BCUT2D eigenvalue weighted by Crippen LogP contribution is 2.36. The number of nitrogens with zero attached hydrogens (tertiary/aromatic N) is 2. The van der Waals surface area contributed by atoms with Gasteiger partial charge >= 0.3 is 0 Å². The van der Waals surface area contributed by atoms with Crippen molar-refractivity contribution in [2.45, 2.75) is 24.8 Å². The molecule has 1 amide bonds. The van der Waals surface area contributed by atoms with Gasteiger partial charge in [-0.25, -0.2) is 8.42 Å². The average molecular weight is 389 g/mol. The number of hydrogen-bond donors (Lipinski definition) is 1. The molecule has 1 aliphatic rings. The number of hydrogen-bond acceptors (Lipinski definition) is 5. The molecule has 0 saturated heterocycles. The van der Waals surface area contributed by atoms with E-state index in [0.717, 1.165) is 5.69 Å². The number of sulfonamides is 1. The standard InChI is InChI=1S/C19H23N3O4S/c1-13-12-22(14(2)23)18-11-17(9-10-19(18)26-13)27(24,25)20-15-5-7-16(8-6-15)21(3)4/h5-11,13,20H,12H2,1-4H3. The molecule has 0 saturated carbocycles. The monoisotopic (exact) mass is 389 g/mol. The van der Waals surface area contributed by atoms with Crippen LogP contribution in [0.4, 0.5) is 17.1 Å². The van der Waals surface area contributed by atoms with Crippen molar-refractivity contribution in [2.75, 3.05) is 35.2 Å². The Kier molecular flexibility index (Phi) is 5.01. The van der Waals surface area contributed by atoms with Crippen LogP contribution < -0.4 is 19.3 Å². The Hall–Kier alpha value is -2.74. The molecule has 0 fully saturated rings. The lowest BCUT2D eigenvalue weighted by Crippen LogP contribution is -2.41. The molecule has 27 heavy (non-hydrogen) atoms. The van der Waals surface area contributed by atoms with Crippen LogP contribution in [0.25, 0.3) is 0 Å². The molecule has 0 bridgehead atoms. The number of carbonyl (C=O) groups is 1. The molecule has 1 unspecified atom stereocenters. The van der Waals surface area contributed by atoms with Gasteiger partial charge in [0.2, 0.25) is 5.91 Å². The van der Waals surface area contributed by atoms with E-state index in [1.807, 2.05) is 38.1 Å². The van der Waals surface area contributed by atoms with Crippen molar-refractivity contribution in [2.24, 2.45) is 0 Å². The molecule has 0 aliphatic carbocycles. The predicted octanol–water partition coefficient (Wildman–Crippen LogP) is 2.69. The summed E-state index contributed by atoms with van der Waals surface area (Å²) in [5.74, 6) is 0.339. The van der Waals surface area contributed by atoms with Gasteiger partial charge in [-0.05, 0) is 49.4 Å². The summed E-state index contributed by atoms with van der Waals surface area (Å²) in [6.45, 7) is 3.70. The second-order valence-corrected chi connectivity index (χ2v) is 8.42. The fourth-order valence-corrected chi connectivity index (χ4v) is 4.00. The van der Waals surface area contributed by atoms with Crippen LogP contribution in [0.15, 0.2) is 47.4 Å². The lowest BCUT2D eigenvalue weighted by atomic mass is 10.2. The molecule has 2 aromatic rings. The summed E-state index contributed by atoms with van der Waals surface area (Å²) in [6.07, 6.45) is -0.155. The van der Waals surface area contributed by atoms with E-state index in [1.165, 1.54) is 24.0 Å². The van der Waals surface area contributed by atoms with Gasteiger partial charge in [0.15, 0.2) is 0 Å². The number of ether oxygens (including phenoxy) is 1. The van der Waals surface area contributed by atoms with Gasteiger partial charge < -0.3 is 14.5 Å². The molecular formula is C19H23N3O4S. The summed E-state index contributed by atoms with van der Waals surface area (Å²) in [4.78, 5) is 15.5. The molecule has 0 spiro atoms. The van der Waals surface area contributed by atoms with Crippen LogP contribution in [-0.2, 0) is 14.8 Å². The fraction of sp³-hybridized carbons (Fsp3) is 0.316. The van der Waals surface area contributed by atoms with E-state index in [9.17, 15) is 13.2 Å². The maximum Gasteiger partial charge on any atom is 0.261 e. The van der Waals surface area contributed by atoms with Gasteiger partial charge in [0.1, 0.15) is 11.9 Å². The highest BCUT2D eigenvalue weighted by molar-refractivity contribution is 7.92. The average Bonchev–Trinajstić information content (AvgIpc) is 2.60. The van der Waals surface area contributed by atoms with Crippen molar-refractivity contribution in [3.63, 3.8) is 0 Å². The summed E-state index contributed by atoms with van der Waals surface area (Å²) >= 11 is 0. The van der Waals surface area contributed by atoms with E-state index >= 15 is 0 Å². The van der Waals surface area contributed by atoms with E-state index in [0.29, 0.717) is 23.7 Å². The number of nitrogens with one attached hydrogen (secondary N) is 1. The van der Waals surface area contributed by atoms with Gasteiger partial charge in [-0.1, -0.05) is 0 Å². The lowest BCUT2D eigenvalue weighted by molar-refractivity contribution is -0.117. The van der Waals surface area contributed by atoms with Gasteiger partial charge in [-0.3, -0.25) is 9.52 Å². The Morgan fingerprint density at radius 1 is 1.19 bits per heavy atom. The summed E-state index contributed by atoms with van der Waals surface area (Å²) in [6, 6.07) is 11.6. The third kappa shape index (κ3) is 4.00. The molecular weight excluding hydrogens is 366 g/mol. The van der Waals surface area contributed by atoms with Crippen LogP contribution >= 0.6 is 0 Å². The van der Waals surface area contributed by atoms with Gasteiger partial charge in [0.05, 0.1) is 17.1 Å². The zero-order valence-electron chi connectivity index (χ0n) is 15.8. The normalized spacial score (nSPS) is 16.3. The lowest BCUT2D eigenvalue weighted by Gasteiger charge is -2.33. The van der Waals surface area contributed by atoms with E-state index in [4.69, 9.17) is 4.74 Å². The molecule has 7 nitrogen and oxygen atoms in total. The largest absolute Gasteiger partial charge is 0.487 e. The zero-order valence-corrected chi connectivity index (χ0v) is 16.6. The summed E-state index contributed by atoms with van der Waals surface area (Å²) in [5, 5.41) is 0. The third-order valence-electron chi connectivity index (χ3n) is 4.32. The SMILES string of the molecule is CC(=O)N1CC(C)Oc2ccc(S(=O)(=O)Nc3ccc(N(C)C)cc3)cc21. The molecule has 3 rings (SSSR count). The molecule has 0 radical (unpaired) electrons. The second-order valence-electron chi connectivity index (χ2n) is 6.73. The highest BCUT2D eigenvalue weighted by Gasteiger charge is 2.27. The minimum atomic E-state index is -3.80. The summed E-state index contributed by atoms with van der Waals surface area (Å²) < 4.78 is 33.9. The number of rotatable bonds is 4. The Balaban J connectivity index is 1.91. The van der Waals surface area contributed by atoms with Crippen LogP contribution in [0.5, 0.6) is 5.75 Å².